The molecule has 0 aromatic rings. The van der Waals surface area contributed by atoms with Crippen LogP contribution >= 0.6 is 46.4 Å². The van der Waals surface area contributed by atoms with E-state index in [2.05, 4.69) is 9.78 Å². The second kappa shape index (κ2) is 4.75. The maximum Gasteiger partial charge on any atom is 0.390 e. The highest BCUT2D eigenvalue weighted by Crippen LogP contribution is 2.24. The van der Waals surface area contributed by atoms with Crippen LogP contribution in [-0.2, 0) is 19.4 Å². The average Bonchev–Trinajstić information content (AvgIpc) is 1.95. The summed E-state index contributed by atoms with van der Waals surface area (Å²) in [4.78, 5) is 29.6. The zero-order valence-electron chi connectivity index (χ0n) is 7.14. The molecular weight excluding hydrogens is 278 g/mol. The van der Waals surface area contributed by atoms with Gasteiger partial charge in [-0.25, -0.2) is 19.4 Å². The smallest absolute Gasteiger partial charge is 0.244 e. The molecule has 0 aliphatic rings. The molecule has 0 amide bonds. The number of halogens is 4. The van der Waals surface area contributed by atoms with Gasteiger partial charge >= 0.3 is 11.9 Å². The van der Waals surface area contributed by atoms with E-state index in [0.29, 0.717) is 0 Å². The average molecular weight is 284 g/mol. The van der Waals surface area contributed by atoms with E-state index in [0.717, 1.165) is 13.8 Å². The van der Waals surface area contributed by atoms with E-state index in [9.17, 15) is 9.59 Å². The molecule has 0 atom stereocenters. The molecule has 4 nitrogen and oxygen atoms in total. The van der Waals surface area contributed by atoms with Gasteiger partial charge in [0.05, 0.1) is 0 Å². The Morgan fingerprint density at radius 3 is 1.21 bits per heavy atom. The molecule has 0 aliphatic heterocycles. The van der Waals surface area contributed by atoms with Gasteiger partial charge in [-0.1, -0.05) is 46.4 Å². The Balaban J connectivity index is 4.10. The summed E-state index contributed by atoms with van der Waals surface area (Å²) in [6.45, 7) is 2.29. The normalized spacial score (nSPS) is 12.1. The molecule has 0 bridgehead atoms. The molecule has 8 heteroatoms. The van der Waals surface area contributed by atoms with Crippen LogP contribution in [0.1, 0.15) is 13.8 Å². The lowest BCUT2D eigenvalue weighted by Gasteiger charge is -2.13. The fourth-order valence-electron chi connectivity index (χ4n) is 0.222. The highest BCUT2D eigenvalue weighted by molar-refractivity contribution is 6.57. The van der Waals surface area contributed by atoms with E-state index in [1.165, 1.54) is 0 Å². The maximum atomic E-state index is 10.8. The first-order valence-corrected chi connectivity index (χ1v) is 4.75. The topological polar surface area (TPSA) is 52.6 Å². The molecular formula is C6H6Cl4O4. The monoisotopic (exact) mass is 282 g/mol. The van der Waals surface area contributed by atoms with Crippen molar-refractivity contribution in [1.29, 1.82) is 0 Å². The molecule has 82 valence electrons. The summed E-state index contributed by atoms with van der Waals surface area (Å²) in [6, 6.07) is 0. The summed E-state index contributed by atoms with van der Waals surface area (Å²) in [5.74, 6) is -2.29. The third kappa shape index (κ3) is 5.10. The summed E-state index contributed by atoms with van der Waals surface area (Å²) < 4.78 is -3.62. The second-order valence-corrected chi connectivity index (χ2v) is 5.93. The van der Waals surface area contributed by atoms with Gasteiger partial charge in [0.1, 0.15) is 0 Å². The maximum absolute atomic E-state index is 10.8. The minimum absolute atomic E-state index is 1.15. The molecule has 0 radical (unpaired) electrons. The first kappa shape index (κ1) is 14.1. The highest BCUT2D eigenvalue weighted by Gasteiger charge is 2.35. The Morgan fingerprint density at radius 1 is 0.857 bits per heavy atom. The van der Waals surface area contributed by atoms with Gasteiger partial charge in [0.25, 0.3) is 0 Å². The Morgan fingerprint density at radius 2 is 1.07 bits per heavy atom. The van der Waals surface area contributed by atoms with Crippen LogP contribution in [0.5, 0.6) is 0 Å². The lowest BCUT2D eigenvalue weighted by molar-refractivity contribution is -0.259. The summed E-state index contributed by atoms with van der Waals surface area (Å²) in [5.41, 5.74) is 0. The minimum Gasteiger partial charge on any atom is -0.244 e. The van der Waals surface area contributed by atoms with Gasteiger partial charge in [-0.2, -0.15) is 0 Å². The first-order chi connectivity index (χ1) is 6.05. The van der Waals surface area contributed by atoms with E-state index in [1.54, 1.807) is 0 Å². The van der Waals surface area contributed by atoms with Crippen molar-refractivity contribution in [1.82, 2.24) is 0 Å². The standard InChI is InChI=1S/C6H6Cl4O4/c1-5(7,8)3(11)13-14-4(12)6(2,9)10/h1-2H3. The van der Waals surface area contributed by atoms with E-state index in [-0.39, 0.29) is 0 Å². The van der Waals surface area contributed by atoms with Crippen LogP contribution in [0.3, 0.4) is 0 Å². The Labute approximate surface area is 100 Å². The van der Waals surface area contributed by atoms with Gasteiger partial charge in [0.2, 0.25) is 8.67 Å². The van der Waals surface area contributed by atoms with Crippen molar-refractivity contribution < 1.29 is 19.4 Å². The molecule has 0 saturated heterocycles. The number of hydrogen-bond acceptors (Lipinski definition) is 4. The van der Waals surface area contributed by atoms with Gasteiger partial charge in [0, 0.05) is 0 Å². The van der Waals surface area contributed by atoms with Crippen molar-refractivity contribution in [3.63, 3.8) is 0 Å². The molecule has 0 aromatic carbocycles. The lowest BCUT2D eigenvalue weighted by Crippen LogP contribution is -2.30. The highest BCUT2D eigenvalue weighted by atomic mass is 35.5. The van der Waals surface area contributed by atoms with Crippen LogP contribution in [0.2, 0.25) is 0 Å². The van der Waals surface area contributed by atoms with Crippen molar-refractivity contribution in [3.05, 3.63) is 0 Å². The van der Waals surface area contributed by atoms with E-state index in [1.807, 2.05) is 0 Å². The fraction of sp³-hybridized carbons (Fsp3) is 0.667. The first-order valence-electron chi connectivity index (χ1n) is 3.24. The molecule has 0 fully saturated rings. The molecule has 0 aromatic heterocycles. The van der Waals surface area contributed by atoms with Gasteiger partial charge < -0.3 is 0 Å². The zero-order chi connectivity index (χ0) is 11.6. The third-order valence-corrected chi connectivity index (χ3v) is 1.53. The zero-order valence-corrected chi connectivity index (χ0v) is 10.2. The van der Waals surface area contributed by atoms with Gasteiger partial charge in [-0.05, 0) is 13.8 Å². The predicted molar refractivity (Wildman–Crippen MR) is 52.4 cm³/mol. The third-order valence-electron chi connectivity index (χ3n) is 0.910. The van der Waals surface area contributed by atoms with Crippen molar-refractivity contribution in [2.75, 3.05) is 0 Å². The molecule has 0 spiro atoms. The largest absolute Gasteiger partial charge is 0.390 e. The number of carbonyl (C=O) groups is 2. The number of rotatable bonds is 2. The summed E-state index contributed by atoms with van der Waals surface area (Å²) >= 11 is 21.3. The van der Waals surface area contributed by atoms with Crippen LogP contribution in [0.4, 0.5) is 0 Å². The summed E-state index contributed by atoms with van der Waals surface area (Å²) in [5, 5.41) is 0. The molecule has 0 rings (SSSR count). The Kier molecular flexibility index (Phi) is 4.78. The van der Waals surface area contributed by atoms with Crippen molar-refractivity contribution >= 4 is 58.3 Å². The Hall–Kier alpha value is 0.1000. The van der Waals surface area contributed by atoms with Crippen molar-refractivity contribution in [2.24, 2.45) is 0 Å². The van der Waals surface area contributed by atoms with Gasteiger partial charge in [-0.15, -0.1) is 0 Å². The predicted octanol–water partition coefficient (Wildman–Crippen LogP) is 2.38. The molecule has 14 heavy (non-hydrogen) atoms. The number of carbonyl (C=O) groups excluding carboxylic acids is 2. The molecule has 0 heterocycles. The van der Waals surface area contributed by atoms with Crippen molar-refractivity contribution in [2.45, 2.75) is 22.5 Å². The fourth-order valence-corrected chi connectivity index (χ4v) is 0.348. The van der Waals surface area contributed by atoms with Crippen molar-refractivity contribution in [3.8, 4) is 0 Å². The van der Waals surface area contributed by atoms with Crippen LogP contribution in [0.15, 0.2) is 0 Å². The summed E-state index contributed by atoms with van der Waals surface area (Å²) in [6.07, 6.45) is 0. The number of alkyl halides is 4. The quantitative estimate of drug-likeness (QED) is 0.444. The van der Waals surface area contributed by atoms with E-state index >= 15 is 0 Å². The molecule has 0 saturated carbocycles. The van der Waals surface area contributed by atoms with Crippen LogP contribution in [-0.4, -0.2) is 20.6 Å². The van der Waals surface area contributed by atoms with E-state index in [4.69, 9.17) is 46.4 Å². The molecule has 0 N–H and O–H groups in total. The van der Waals surface area contributed by atoms with Crippen LogP contribution < -0.4 is 0 Å². The number of hydrogen-bond donors (Lipinski definition) is 0. The lowest BCUT2D eigenvalue weighted by atomic mass is 10.5. The van der Waals surface area contributed by atoms with Crippen LogP contribution in [0, 0.1) is 0 Å². The summed E-state index contributed by atoms with van der Waals surface area (Å²) in [7, 11) is 0. The van der Waals surface area contributed by atoms with Crippen LogP contribution in [0.25, 0.3) is 0 Å². The molecule has 0 unspecified atom stereocenters. The second-order valence-electron chi connectivity index (χ2n) is 2.52. The van der Waals surface area contributed by atoms with E-state index < -0.39 is 20.6 Å². The SMILES string of the molecule is CC(Cl)(Cl)C(=O)OOC(=O)C(C)(Cl)Cl. The minimum atomic E-state index is -1.81. The molecule has 0 aliphatic carbocycles. The van der Waals surface area contributed by atoms with Gasteiger partial charge in [0.15, 0.2) is 0 Å². The van der Waals surface area contributed by atoms with Gasteiger partial charge in [-0.3, -0.25) is 0 Å². The Bertz CT molecular complexity index is 213.